The van der Waals surface area contributed by atoms with E-state index < -0.39 is 9.84 Å². The van der Waals surface area contributed by atoms with E-state index in [9.17, 15) is 13.2 Å². The van der Waals surface area contributed by atoms with E-state index >= 15 is 0 Å². The van der Waals surface area contributed by atoms with Crippen molar-refractivity contribution in [3.05, 3.63) is 71.5 Å². The van der Waals surface area contributed by atoms with Gasteiger partial charge in [-0.15, -0.1) is 10.2 Å². The number of benzene rings is 2. The third kappa shape index (κ3) is 6.64. The summed E-state index contributed by atoms with van der Waals surface area (Å²) in [6.07, 6.45) is 1.43. The van der Waals surface area contributed by atoms with Crippen LogP contribution >= 0.6 is 11.8 Å². The number of aromatic nitrogens is 3. The van der Waals surface area contributed by atoms with Gasteiger partial charge in [0.15, 0.2) is 20.8 Å². The zero-order valence-corrected chi connectivity index (χ0v) is 21.5. The number of amides is 1. The molecule has 4 rings (SSSR count). The number of hydrogen-bond acceptors (Lipinski definition) is 7. The average Bonchev–Trinajstić information content (AvgIpc) is 3.43. The Morgan fingerprint density at radius 3 is 2.57 bits per heavy atom. The van der Waals surface area contributed by atoms with Crippen molar-refractivity contribution in [3.8, 4) is 5.75 Å². The predicted octanol–water partition coefficient (Wildman–Crippen LogP) is 3.42. The maximum Gasteiger partial charge on any atom is 0.230 e. The van der Waals surface area contributed by atoms with Gasteiger partial charge in [0.1, 0.15) is 12.4 Å². The van der Waals surface area contributed by atoms with Crippen molar-refractivity contribution in [1.82, 2.24) is 20.1 Å². The van der Waals surface area contributed by atoms with Crippen LogP contribution < -0.4 is 10.1 Å². The van der Waals surface area contributed by atoms with Gasteiger partial charge in [-0.05, 0) is 43.0 Å². The number of nitrogens with one attached hydrogen (secondary N) is 1. The molecule has 10 heteroatoms. The minimum absolute atomic E-state index is 0.00531. The van der Waals surface area contributed by atoms with Crippen molar-refractivity contribution in [1.29, 1.82) is 0 Å². The quantitative estimate of drug-likeness (QED) is 0.414. The summed E-state index contributed by atoms with van der Waals surface area (Å²) in [4.78, 5) is 12.5. The Kier molecular flexibility index (Phi) is 8.12. The Bertz CT molecular complexity index is 1240. The van der Waals surface area contributed by atoms with Crippen LogP contribution in [0.4, 0.5) is 0 Å². The molecule has 0 bridgehead atoms. The number of ether oxygens (including phenoxy) is 1. The van der Waals surface area contributed by atoms with Gasteiger partial charge in [0, 0.05) is 6.04 Å². The number of carbonyl (C=O) groups excluding carboxylic acids is 1. The largest absolute Gasteiger partial charge is 0.486 e. The van der Waals surface area contributed by atoms with Gasteiger partial charge in [-0.25, -0.2) is 8.42 Å². The molecule has 3 aromatic rings. The van der Waals surface area contributed by atoms with Gasteiger partial charge >= 0.3 is 0 Å². The summed E-state index contributed by atoms with van der Waals surface area (Å²) in [5.74, 6) is 1.45. The molecule has 1 aliphatic heterocycles. The Morgan fingerprint density at radius 2 is 1.91 bits per heavy atom. The van der Waals surface area contributed by atoms with Crippen LogP contribution in [0.3, 0.4) is 0 Å². The fraction of sp³-hybridized carbons (Fsp3) is 0.400. The van der Waals surface area contributed by atoms with Crippen LogP contribution in [0.2, 0.25) is 0 Å². The third-order valence-corrected chi connectivity index (χ3v) is 8.74. The summed E-state index contributed by atoms with van der Waals surface area (Å²) in [5, 5.41) is 12.2. The monoisotopic (exact) mass is 514 g/mol. The van der Waals surface area contributed by atoms with Crippen LogP contribution in [0.15, 0.2) is 59.8 Å². The highest BCUT2D eigenvalue weighted by Gasteiger charge is 2.29. The van der Waals surface area contributed by atoms with Crippen LogP contribution in [-0.4, -0.2) is 52.4 Å². The molecule has 2 aromatic carbocycles. The lowest BCUT2D eigenvalue weighted by atomic mass is 10.1. The number of rotatable bonds is 10. The van der Waals surface area contributed by atoms with Gasteiger partial charge in [0.05, 0.1) is 23.3 Å². The minimum Gasteiger partial charge on any atom is -0.486 e. The fourth-order valence-corrected chi connectivity index (χ4v) is 6.57. The minimum atomic E-state index is -3.05. The third-order valence-electron chi connectivity index (χ3n) is 6.03. The van der Waals surface area contributed by atoms with Crippen LogP contribution in [0, 0.1) is 0 Å². The number of nitrogens with zero attached hydrogens (tertiary/aromatic N) is 3. The molecular formula is C25H30N4O4S2. The molecule has 1 amide bonds. The number of sulfone groups is 1. The molecule has 1 aromatic heterocycles. The average molecular weight is 515 g/mol. The summed E-state index contributed by atoms with van der Waals surface area (Å²) < 4.78 is 31.3. The Morgan fingerprint density at radius 1 is 1.17 bits per heavy atom. The van der Waals surface area contributed by atoms with Gasteiger partial charge in [-0.3, -0.25) is 9.36 Å². The smallest absolute Gasteiger partial charge is 0.230 e. The number of thioether (sulfide) groups is 1. The second-order valence-electron chi connectivity index (χ2n) is 8.60. The normalized spacial score (nSPS) is 17.7. The van der Waals surface area contributed by atoms with E-state index in [1.165, 1.54) is 17.3 Å². The molecule has 35 heavy (non-hydrogen) atoms. The summed E-state index contributed by atoms with van der Waals surface area (Å²) in [5.41, 5.74) is 2.33. The molecular weight excluding hydrogens is 484 g/mol. The van der Waals surface area contributed by atoms with Crippen LogP contribution in [-0.2, 0) is 27.7 Å². The standard InChI is InChI=1S/C25H30N4O4S2/c1-3-19-9-11-22(12-10-19)33-15-23-27-28-25(29(23)18(2)20-7-5-4-6-8-20)34-16-24(30)26-21-13-14-35(31,32)17-21/h4-12,18,21H,3,13-17H2,1-2H3,(H,26,30)/t18-,21+/m0/s1. The highest BCUT2D eigenvalue weighted by molar-refractivity contribution is 7.99. The molecule has 0 radical (unpaired) electrons. The molecule has 0 aliphatic carbocycles. The van der Waals surface area contributed by atoms with Gasteiger partial charge in [-0.2, -0.15) is 0 Å². The zero-order chi connectivity index (χ0) is 24.8. The van der Waals surface area contributed by atoms with E-state index in [4.69, 9.17) is 4.74 Å². The maximum absolute atomic E-state index is 12.5. The van der Waals surface area contributed by atoms with Gasteiger partial charge in [-0.1, -0.05) is 61.2 Å². The summed E-state index contributed by atoms with van der Waals surface area (Å²) >= 11 is 1.28. The predicted molar refractivity (Wildman–Crippen MR) is 136 cm³/mol. The van der Waals surface area contributed by atoms with E-state index in [0.717, 1.165) is 17.7 Å². The van der Waals surface area contributed by atoms with E-state index in [0.29, 0.717) is 17.4 Å². The first-order chi connectivity index (χ1) is 16.8. The van der Waals surface area contributed by atoms with Crippen molar-refractivity contribution < 1.29 is 17.9 Å². The molecule has 1 saturated heterocycles. The molecule has 0 saturated carbocycles. The molecule has 2 atom stereocenters. The summed E-state index contributed by atoms with van der Waals surface area (Å²) in [6.45, 7) is 4.41. The Balaban J connectivity index is 1.47. The molecule has 186 valence electrons. The first kappa shape index (κ1) is 25.2. The lowest BCUT2D eigenvalue weighted by molar-refractivity contribution is -0.119. The first-order valence-corrected chi connectivity index (χ1v) is 14.5. The van der Waals surface area contributed by atoms with Gasteiger partial charge < -0.3 is 10.1 Å². The number of carbonyl (C=O) groups is 1. The number of aryl methyl sites for hydroxylation is 1. The zero-order valence-electron chi connectivity index (χ0n) is 19.9. The van der Waals surface area contributed by atoms with E-state index in [2.05, 4.69) is 29.4 Å². The molecule has 1 fully saturated rings. The van der Waals surface area contributed by atoms with E-state index in [1.54, 1.807) is 0 Å². The molecule has 1 aliphatic rings. The topological polar surface area (TPSA) is 103 Å². The van der Waals surface area contributed by atoms with Crippen LogP contribution in [0.5, 0.6) is 5.75 Å². The highest BCUT2D eigenvalue weighted by atomic mass is 32.2. The Labute approximate surface area is 210 Å². The first-order valence-electron chi connectivity index (χ1n) is 11.7. The van der Waals surface area contributed by atoms with Crippen LogP contribution in [0.25, 0.3) is 0 Å². The SMILES string of the molecule is CCc1ccc(OCc2nnc(SCC(=O)N[C@@H]3CCS(=O)(=O)C3)n2[C@@H](C)c2ccccc2)cc1. The van der Waals surface area contributed by atoms with Gasteiger partial charge in [0.2, 0.25) is 5.91 Å². The van der Waals surface area contributed by atoms with Crippen molar-refractivity contribution >= 4 is 27.5 Å². The van der Waals surface area contributed by atoms with Crippen LogP contribution in [0.1, 0.15) is 43.3 Å². The molecule has 2 heterocycles. The molecule has 0 spiro atoms. The molecule has 1 N–H and O–H groups in total. The van der Waals surface area contributed by atoms with Crippen molar-refractivity contribution in [2.45, 2.75) is 50.5 Å². The van der Waals surface area contributed by atoms with E-state index in [1.807, 2.05) is 59.2 Å². The second-order valence-corrected chi connectivity index (χ2v) is 11.8. The van der Waals surface area contributed by atoms with E-state index in [-0.39, 0.29) is 41.9 Å². The van der Waals surface area contributed by atoms with Crippen molar-refractivity contribution in [2.24, 2.45) is 0 Å². The number of hydrogen-bond donors (Lipinski definition) is 1. The lowest BCUT2D eigenvalue weighted by Gasteiger charge is -2.19. The van der Waals surface area contributed by atoms with Crippen molar-refractivity contribution in [2.75, 3.05) is 17.3 Å². The summed E-state index contributed by atoms with van der Waals surface area (Å²) in [6, 6.07) is 17.6. The Hall–Kier alpha value is -2.85. The second kappa shape index (κ2) is 11.3. The van der Waals surface area contributed by atoms with Gasteiger partial charge in [0.25, 0.3) is 0 Å². The molecule has 8 nitrogen and oxygen atoms in total. The molecule has 0 unspecified atom stereocenters. The summed E-state index contributed by atoms with van der Waals surface area (Å²) in [7, 11) is -3.05. The fourth-order valence-electron chi connectivity index (χ4n) is 4.05. The lowest BCUT2D eigenvalue weighted by Crippen LogP contribution is -2.36. The maximum atomic E-state index is 12.5. The highest BCUT2D eigenvalue weighted by Crippen LogP contribution is 2.27. The van der Waals surface area contributed by atoms with Crippen molar-refractivity contribution in [3.63, 3.8) is 0 Å².